The smallest absolute Gasteiger partial charge is 0.191 e. The Hall–Kier alpha value is -1.49. The second kappa shape index (κ2) is 6.31. The summed E-state index contributed by atoms with van der Waals surface area (Å²) in [5, 5.41) is 6.88. The third kappa shape index (κ3) is 3.54. The number of nitrogens with zero attached hydrogens (tertiary/aromatic N) is 2. The maximum absolute atomic E-state index is 5.07. The Balaban J connectivity index is 1.52. The number of guanidine groups is 1. The number of hydrogen-bond acceptors (Lipinski definition) is 3. The van der Waals surface area contributed by atoms with Crippen molar-refractivity contribution >= 4 is 5.96 Å². The molecule has 1 aliphatic heterocycles. The molecule has 5 nitrogen and oxygen atoms in total. The van der Waals surface area contributed by atoms with Crippen molar-refractivity contribution in [3.8, 4) is 0 Å². The van der Waals surface area contributed by atoms with E-state index in [0.717, 1.165) is 30.7 Å². The number of nitrogens with one attached hydrogen (secondary N) is 2. The molecule has 2 N–H and O–H groups in total. The van der Waals surface area contributed by atoms with Gasteiger partial charge in [-0.05, 0) is 32.3 Å². The zero-order chi connectivity index (χ0) is 13.8. The SMILES string of the molecule is CCNC(=NCc1ccoc1)NC1CCN(C2CC2)C1. The van der Waals surface area contributed by atoms with Crippen LogP contribution < -0.4 is 10.6 Å². The van der Waals surface area contributed by atoms with Crippen molar-refractivity contribution in [2.24, 2.45) is 4.99 Å². The van der Waals surface area contributed by atoms with Gasteiger partial charge >= 0.3 is 0 Å². The maximum Gasteiger partial charge on any atom is 0.191 e. The Labute approximate surface area is 120 Å². The zero-order valence-corrected chi connectivity index (χ0v) is 12.1. The van der Waals surface area contributed by atoms with Gasteiger partial charge in [0.25, 0.3) is 0 Å². The number of aliphatic imine (C=N–C) groups is 1. The predicted molar refractivity (Wildman–Crippen MR) is 79.7 cm³/mol. The van der Waals surface area contributed by atoms with Crippen LogP contribution in [0.5, 0.6) is 0 Å². The summed E-state index contributed by atoms with van der Waals surface area (Å²) in [4.78, 5) is 7.23. The van der Waals surface area contributed by atoms with Gasteiger partial charge in [-0.15, -0.1) is 0 Å². The summed E-state index contributed by atoms with van der Waals surface area (Å²) in [6, 6.07) is 3.35. The lowest BCUT2D eigenvalue weighted by atomic mass is 10.3. The van der Waals surface area contributed by atoms with Crippen molar-refractivity contribution in [3.63, 3.8) is 0 Å². The van der Waals surface area contributed by atoms with Crippen molar-refractivity contribution in [1.29, 1.82) is 0 Å². The van der Waals surface area contributed by atoms with Gasteiger partial charge in [-0.1, -0.05) is 0 Å². The normalized spacial score (nSPS) is 24.1. The van der Waals surface area contributed by atoms with Crippen molar-refractivity contribution in [3.05, 3.63) is 24.2 Å². The third-order valence-corrected chi connectivity index (χ3v) is 3.97. The van der Waals surface area contributed by atoms with Gasteiger partial charge in [-0.2, -0.15) is 0 Å². The van der Waals surface area contributed by atoms with Gasteiger partial charge < -0.3 is 15.1 Å². The minimum absolute atomic E-state index is 0.526. The molecule has 1 aliphatic carbocycles. The number of furan rings is 1. The summed E-state index contributed by atoms with van der Waals surface area (Å²) in [5.74, 6) is 0.913. The molecule has 0 bridgehead atoms. The fraction of sp³-hybridized carbons (Fsp3) is 0.667. The summed E-state index contributed by atoms with van der Waals surface area (Å²) >= 11 is 0. The third-order valence-electron chi connectivity index (χ3n) is 3.97. The van der Waals surface area contributed by atoms with Crippen LogP contribution in [0.1, 0.15) is 31.7 Å². The first-order chi connectivity index (χ1) is 9.85. The van der Waals surface area contributed by atoms with E-state index in [1.54, 1.807) is 12.5 Å². The van der Waals surface area contributed by atoms with Crippen LogP contribution in [0.15, 0.2) is 28.0 Å². The van der Waals surface area contributed by atoms with Gasteiger partial charge in [0.1, 0.15) is 0 Å². The Bertz CT molecular complexity index is 439. The van der Waals surface area contributed by atoms with E-state index in [1.807, 2.05) is 6.07 Å². The average Bonchev–Trinajstić information content (AvgIpc) is 2.99. The highest BCUT2D eigenvalue weighted by Gasteiger charge is 2.34. The largest absolute Gasteiger partial charge is 0.472 e. The van der Waals surface area contributed by atoms with Gasteiger partial charge in [0, 0.05) is 37.3 Å². The number of hydrogen-bond donors (Lipinski definition) is 2. The second-order valence-electron chi connectivity index (χ2n) is 5.68. The molecule has 2 fully saturated rings. The lowest BCUT2D eigenvalue weighted by molar-refractivity contribution is 0.321. The van der Waals surface area contributed by atoms with Gasteiger partial charge in [0.05, 0.1) is 19.1 Å². The first-order valence-corrected chi connectivity index (χ1v) is 7.65. The highest BCUT2D eigenvalue weighted by Crippen LogP contribution is 2.29. The minimum Gasteiger partial charge on any atom is -0.472 e. The summed E-state index contributed by atoms with van der Waals surface area (Å²) in [7, 11) is 0. The second-order valence-corrected chi connectivity index (χ2v) is 5.68. The van der Waals surface area contributed by atoms with Gasteiger partial charge in [0.2, 0.25) is 0 Å². The van der Waals surface area contributed by atoms with Crippen LogP contribution in [0.3, 0.4) is 0 Å². The van der Waals surface area contributed by atoms with Crippen LogP contribution in [0.4, 0.5) is 0 Å². The quantitative estimate of drug-likeness (QED) is 0.633. The van der Waals surface area contributed by atoms with E-state index in [1.165, 1.54) is 25.8 Å². The summed E-state index contributed by atoms with van der Waals surface area (Å²) in [6.07, 6.45) is 7.43. The molecule has 2 aliphatic rings. The standard InChI is InChI=1S/C15H24N4O/c1-2-16-15(17-9-12-6-8-20-11-12)18-13-5-7-19(10-13)14-3-4-14/h6,8,11,13-14H,2-5,7,9-10H2,1H3,(H2,16,17,18). The lowest BCUT2D eigenvalue weighted by Crippen LogP contribution is -2.44. The topological polar surface area (TPSA) is 52.8 Å². The van der Waals surface area contributed by atoms with Gasteiger partial charge in [-0.3, -0.25) is 4.90 Å². The van der Waals surface area contributed by atoms with Crippen LogP contribution in [0, 0.1) is 0 Å². The summed E-state index contributed by atoms with van der Waals surface area (Å²) in [5.41, 5.74) is 1.10. The molecule has 110 valence electrons. The molecule has 20 heavy (non-hydrogen) atoms. The molecule has 0 amide bonds. The molecule has 3 rings (SSSR count). The molecule has 1 unspecified atom stereocenters. The van der Waals surface area contributed by atoms with E-state index in [-0.39, 0.29) is 0 Å². The van der Waals surface area contributed by atoms with E-state index in [4.69, 9.17) is 4.42 Å². The zero-order valence-electron chi connectivity index (χ0n) is 12.1. The van der Waals surface area contributed by atoms with Gasteiger partial charge in [-0.25, -0.2) is 4.99 Å². The molecule has 1 saturated heterocycles. The van der Waals surface area contributed by atoms with E-state index >= 15 is 0 Å². The maximum atomic E-state index is 5.07. The Morgan fingerprint density at radius 3 is 3.05 bits per heavy atom. The van der Waals surface area contributed by atoms with E-state index in [9.17, 15) is 0 Å². The molecule has 0 radical (unpaired) electrons. The van der Waals surface area contributed by atoms with Crippen molar-refractivity contribution in [1.82, 2.24) is 15.5 Å². The first kappa shape index (κ1) is 13.5. The molecular formula is C15H24N4O. The average molecular weight is 276 g/mol. The molecule has 0 aromatic carbocycles. The molecule has 1 atom stereocenters. The Morgan fingerprint density at radius 1 is 1.45 bits per heavy atom. The Kier molecular flexibility index (Phi) is 4.25. The first-order valence-electron chi connectivity index (χ1n) is 7.65. The number of rotatable bonds is 5. The van der Waals surface area contributed by atoms with Crippen LogP contribution in [0.25, 0.3) is 0 Å². The minimum atomic E-state index is 0.526. The lowest BCUT2D eigenvalue weighted by Gasteiger charge is -2.18. The molecule has 2 heterocycles. The highest BCUT2D eigenvalue weighted by atomic mass is 16.3. The van der Waals surface area contributed by atoms with Crippen LogP contribution >= 0.6 is 0 Å². The van der Waals surface area contributed by atoms with Gasteiger partial charge in [0.15, 0.2) is 5.96 Å². The fourth-order valence-electron chi connectivity index (χ4n) is 2.74. The monoisotopic (exact) mass is 276 g/mol. The molecule has 1 aromatic heterocycles. The fourth-order valence-corrected chi connectivity index (χ4v) is 2.74. The molecule has 0 spiro atoms. The van der Waals surface area contributed by atoms with Crippen LogP contribution in [-0.2, 0) is 6.54 Å². The molecule has 5 heteroatoms. The molecule has 1 aromatic rings. The van der Waals surface area contributed by atoms with E-state index < -0.39 is 0 Å². The van der Waals surface area contributed by atoms with Crippen LogP contribution in [0.2, 0.25) is 0 Å². The van der Waals surface area contributed by atoms with E-state index in [0.29, 0.717) is 12.6 Å². The molecular weight excluding hydrogens is 252 g/mol. The Morgan fingerprint density at radius 2 is 2.35 bits per heavy atom. The predicted octanol–water partition coefficient (Wildman–Crippen LogP) is 1.57. The highest BCUT2D eigenvalue weighted by molar-refractivity contribution is 5.80. The summed E-state index contributed by atoms with van der Waals surface area (Å²) in [6.45, 7) is 6.02. The number of likely N-dealkylation sites (tertiary alicyclic amines) is 1. The molecule has 1 saturated carbocycles. The van der Waals surface area contributed by atoms with E-state index in [2.05, 4.69) is 27.4 Å². The van der Waals surface area contributed by atoms with Crippen molar-refractivity contribution < 1.29 is 4.42 Å². The van der Waals surface area contributed by atoms with Crippen molar-refractivity contribution in [2.75, 3.05) is 19.6 Å². The van der Waals surface area contributed by atoms with Crippen LogP contribution in [-0.4, -0.2) is 42.6 Å². The van der Waals surface area contributed by atoms with Crippen molar-refractivity contribution in [2.45, 2.75) is 44.8 Å². The summed E-state index contributed by atoms with van der Waals surface area (Å²) < 4.78 is 5.07.